The van der Waals surface area contributed by atoms with E-state index in [9.17, 15) is 0 Å². The van der Waals surface area contributed by atoms with E-state index in [0.29, 0.717) is 0 Å². The van der Waals surface area contributed by atoms with Crippen molar-refractivity contribution in [3.8, 4) is 0 Å². The van der Waals surface area contributed by atoms with Crippen molar-refractivity contribution in [3.05, 3.63) is 121 Å². The topological polar surface area (TPSA) is 0 Å². The Morgan fingerprint density at radius 2 is 0.769 bits per heavy atom. The van der Waals surface area contributed by atoms with Gasteiger partial charge in [0.2, 0.25) is 0 Å². The molecule has 0 nitrogen and oxygen atoms in total. The lowest BCUT2D eigenvalue weighted by atomic mass is 10.2. The van der Waals surface area contributed by atoms with E-state index in [1.54, 1.807) is 0 Å². The summed E-state index contributed by atoms with van der Waals surface area (Å²) in [6.07, 6.45) is 0. The van der Waals surface area contributed by atoms with Crippen LogP contribution in [0.15, 0.2) is 135 Å². The van der Waals surface area contributed by atoms with Crippen molar-refractivity contribution in [2.24, 2.45) is 0 Å². The monoisotopic (exact) mass is 354 g/mol. The summed E-state index contributed by atoms with van der Waals surface area (Å²) in [5.41, 5.74) is 1.33. The lowest BCUT2D eigenvalue weighted by Gasteiger charge is -2.43. The molecule has 26 heavy (non-hydrogen) atoms. The van der Waals surface area contributed by atoms with Gasteiger partial charge in [0.25, 0.3) is 0 Å². The Balaban J connectivity index is 2.17. The van der Waals surface area contributed by atoms with Crippen molar-refractivity contribution < 1.29 is 0 Å². The van der Waals surface area contributed by atoms with Gasteiger partial charge in [0.1, 0.15) is 0 Å². The number of aryl methyl sites for hydroxylation is 1. The molecule has 0 aliphatic rings. The van der Waals surface area contributed by atoms with Crippen LogP contribution in [0.4, 0.5) is 0 Å². The predicted molar refractivity (Wildman–Crippen MR) is 111 cm³/mol. The van der Waals surface area contributed by atoms with Gasteiger partial charge in [-0.25, -0.2) is 0 Å². The average molecular weight is 355 g/mol. The first kappa shape index (κ1) is 16.7. The van der Waals surface area contributed by atoms with Crippen LogP contribution in [-0.4, -0.2) is 0 Å². The Bertz CT molecular complexity index is 879. The predicted octanol–water partition coefficient (Wildman–Crippen LogP) is 7.34. The van der Waals surface area contributed by atoms with E-state index in [0.717, 1.165) is 0 Å². The number of hydrogen-bond donors (Lipinski definition) is 0. The van der Waals surface area contributed by atoms with Crippen molar-refractivity contribution in [2.45, 2.75) is 26.5 Å². The molecule has 0 atom stereocenters. The lowest BCUT2D eigenvalue weighted by molar-refractivity contribution is 1.20. The molecular weight excluding hydrogens is 332 g/mol. The number of rotatable bonds is 4. The van der Waals surface area contributed by atoms with Crippen LogP contribution in [0.1, 0.15) is 5.56 Å². The minimum absolute atomic E-state index is 1.33. The fourth-order valence-electron chi connectivity index (χ4n) is 3.56. The molecular formula is C25H22S. The lowest BCUT2D eigenvalue weighted by Crippen LogP contribution is -2.06. The number of hydrogen-bond acceptors (Lipinski definition) is 0. The Morgan fingerprint density at radius 3 is 1.15 bits per heavy atom. The molecule has 0 spiro atoms. The van der Waals surface area contributed by atoms with E-state index in [2.05, 4.69) is 122 Å². The third kappa shape index (κ3) is 2.75. The largest absolute Gasteiger partial charge is 0.133 e. The zero-order valence-electron chi connectivity index (χ0n) is 14.9. The highest BCUT2D eigenvalue weighted by Crippen LogP contribution is 2.73. The normalized spacial score (nSPS) is 11.9. The fraction of sp³-hybridized carbons (Fsp3) is 0.0400. The zero-order chi connectivity index (χ0) is 17.8. The molecule has 0 radical (unpaired) electrons. The molecule has 0 aliphatic heterocycles. The van der Waals surface area contributed by atoms with E-state index >= 15 is 0 Å². The molecule has 4 aromatic carbocycles. The van der Waals surface area contributed by atoms with Crippen LogP contribution in [0.2, 0.25) is 0 Å². The summed E-state index contributed by atoms with van der Waals surface area (Å²) in [5, 5.41) is 0. The molecule has 0 saturated carbocycles. The minimum atomic E-state index is -1.54. The zero-order valence-corrected chi connectivity index (χ0v) is 15.7. The summed E-state index contributed by atoms with van der Waals surface area (Å²) >= 11 is 0. The summed E-state index contributed by atoms with van der Waals surface area (Å²) in [4.78, 5) is 5.51. The summed E-state index contributed by atoms with van der Waals surface area (Å²) in [6, 6.07) is 41.7. The van der Waals surface area contributed by atoms with E-state index in [-0.39, 0.29) is 0 Å². The average Bonchev–Trinajstić information content (AvgIpc) is 2.72. The quantitative estimate of drug-likeness (QED) is 0.360. The second kappa shape index (κ2) is 7.23. The molecule has 128 valence electrons. The van der Waals surface area contributed by atoms with Gasteiger partial charge in [0, 0.05) is 19.6 Å². The molecule has 0 bridgehead atoms. The van der Waals surface area contributed by atoms with Crippen LogP contribution in [0.5, 0.6) is 0 Å². The second-order valence-corrected chi connectivity index (χ2v) is 9.40. The maximum absolute atomic E-state index is 2.30. The van der Waals surface area contributed by atoms with Crippen LogP contribution < -0.4 is 0 Å². The minimum Gasteiger partial charge on any atom is -0.133 e. The molecule has 4 aromatic rings. The van der Waals surface area contributed by atoms with Crippen molar-refractivity contribution in [1.82, 2.24) is 0 Å². The van der Waals surface area contributed by atoms with Gasteiger partial charge < -0.3 is 0 Å². The first-order valence-corrected chi connectivity index (χ1v) is 10.5. The summed E-state index contributed by atoms with van der Waals surface area (Å²) < 4.78 is 0. The maximum Gasteiger partial charge on any atom is 0.00522 e. The highest BCUT2D eigenvalue weighted by atomic mass is 32.3. The van der Waals surface area contributed by atoms with Crippen LogP contribution in [-0.2, 0) is 0 Å². The van der Waals surface area contributed by atoms with Gasteiger partial charge in [0.15, 0.2) is 0 Å². The standard InChI is InChI=1S/C25H22S/c1-21-13-11-12-20-25(21)26(22-14-5-2-6-15-22,23-16-7-3-8-17-23)24-18-9-4-10-19-24/h2-20H,1H3. The summed E-state index contributed by atoms with van der Waals surface area (Å²) in [7, 11) is -1.54. The van der Waals surface area contributed by atoms with Crippen LogP contribution in [0.25, 0.3) is 0 Å². The van der Waals surface area contributed by atoms with E-state index < -0.39 is 10.0 Å². The molecule has 0 amide bonds. The third-order valence-electron chi connectivity index (χ3n) is 4.71. The molecule has 0 unspecified atom stereocenters. The van der Waals surface area contributed by atoms with Crippen LogP contribution >= 0.6 is 10.0 Å². The third-order valence-corrected chi connectivity index (χ3v) is 8.77. The first-order valence-electron chi connectivity index (χ1n) is 8.88. The summed E-state index contributed by atoms with van der Waals surface area (Å²) in [6.45, 7) is 2.23. The maximum atomic E-state index is 2.30. The Morgan fingerprint density at radius 1 is 0.423 bits per heavy atom. The fourth-order valence-corrected chi connectivity index (χ4v) is 7.67. The smallest absolute Gasteiger partial charge is 0.00522 e. The van der Waals surface area contributed by atoms with E-state index in [4.69, 9.17) is 0 Å². The van der Waals surface area contributed by atoms with Crippen molar-refractivity contribution in [2.75, 3.05) is 0 Å². The van der Waals surface area contributed by atoms with Crippen molar-refractivity contribution >= 4 is 10.0 Å². The molecule has 0 N–H and O–H groups in total. The van der Waals surface area contributed by atoms with Gasteiger partial charge in [-0.2, -0.15) is 0 Å². The van der Waals surface area contributed by atoms with E-state index in [1.165, 1.54) is 25.1 Å². The Labute approximate surface area is 157 Å². The van der Waals surface area contributed by atoms with Crippen molar-refractivity contribution in [3.63, 3.8) is 0 Å². The molecule has 1 heteroatoms. The Hall–Kier alpha value is -2.77. The molecule has 0 heterocycles. The number of benzene rings is 4. The highest BCUT2D eigenvalue weighted by Gasteiger charge is 2.33. The van der Waals surface area contributed by atoms with Gasteiger partial charge in [0.05, 0.1) is 0 Å². The molecule has 0 aromatic heterocycles. The Kier molecular flexibility index (Phi) is 4.64. The first-order chi connectivity index (χ1) is 12.8. The molecule has 0 aliphatic carbocycles. The summed E-state index contributed by atoms with van der Waals surface area (Å²) in [5.74, 6) is 0. The van der Waals surface area contributed by atoms with Crippen LogP contribution in [0, 0.1) is 6.92 Å². The van der Waals surface area contributed by atoms with Gasteiger partial charge in [-0.15, -0.1) is 10.0 Å². The molecule has 0 fully saturated rings. The van der Waals surface area contributed by atoms with Gasteiger partial charge in [-0.3, -0.25) is 0 Å². The van der Waals surface area contributed by atoms with Crippen molar-refractivity contribution in [1.29, 1.82) is 0 Å². The highest BCUT2D eigenvalue weighted by molar-refractivity contribution is 8.34. The molecule has 4 rings (SSSR count). The van der Waals surface area contributed by atoms with Crippen LogP contribution in [0.3, 0.4) is 0 Å². The van der Waals surface area contributed by atoms with Gasteiger partial charge >= 0.3 is 0 Å². The van der Waals surface area contributed by atoms with Gasteiger partial charge in [-0.05, 0) is 55.0 Å². The van der Waals surface area contributed by atoms with E-state index in [1.807, 2.05) is 0 Å². The SMILES string of the molecule is Cc1ccccc1S(c1ccccc1)(c1ccccc1)c1ccccc1. The molecule has 0 saturated heterocycles. The van der Waals surface area contributed by atoms with Gasteiger partial charge in [-0.1, -0.05) is 72.8 Å². The second-order valence-electron chi connectivity index (χ2n) is 6.32.